The Morgan fingerprint density at radius 1 is 1.60 bits per heavy atom. The van der Waals surface area contributed by atoms with Crippen LogP contribution in [0.2, 0.25) is 0 Å². The lowest BCUT2D eigenvalue weighted by atomic mass is 10.0. The van der Waals surface area contributed by atoms with Gasteiger partial charge in [0.05, 0.1) is 12.2 Å². The third-order valence-corrected chi connectivity index (χ3v) is 4.89. The van der Waals surface area contributed by atoms with E-state index in [0.717, 1.165) is 5.69 Å². The van der Waals surface area contributed by atoms with Crippen LogP contribution in [0.3, 0.4) is 0 Å². The van der Waals surface area contributed by atoms with Crippen LogP contribution >= 0.6 is 0 Å². The largest absolute Gasteiger partial charge is 0.481 e. The molecule has 112 valence electrons. The summed E-state index contributed by atoms with van der Waals surface area (Å²) in [5.74, 6) is -1.56. The SMILES string of the molecule is O=C(O)C1CCCN(S(=O)(=O)NCCc2cnc[nH]2)C1. The molecule has 3 N–H and O–H groups in total. The second kappa shape index (κ2) is 6.33. The minimum Gasteiger partial charge on any atom is -0.481 e. The van der Waals surface area contributed by atoms with Crippen LogP contribution in [-0.4, -0.2) is 53.4 Å². The molecule has 2 heterocycles. The molecule has 0 spiro atoms. The van der Waals surface area contributed by atoms with E-state index in [1.807, 2.05) is 0 Å². The summed E-state index contributed by atoms with van der Waals surface area (Å²) in [5, 5.41) is 8.97. The smallest absolute Gasteiger partial charge is 0.307 e. The van der Waals surface area contributed by atoms with Crippen molar-refractivity contribution in [2.45, 2.75) is 19.3 Å². The predicted octanol–water partition coefficient (Wildman–Crippen LogP) is -0.417. The molecule has 0 aliphatic carbocycles. The second-order valence-corrected chi connectivity index (χ2v) is 6.52. The van der Waals surface area contributed by atoms with Gasteiger partial charge in [-0.05, 0) is 12.8 Å². The zero-order valence-corrected chi connectivity index (χ0v) is 11.8. The van der Waals surface area contributed by atoms with E-state index < -0.39 is 22.1 Å². The normalized spacial score (nSPS) is 20.9. The maximum atomic E-state index is 12.1. The summed E-state index contributed by atoms with van der Waals surface area (Å²) in [6, 6.07) is 0. The van der Waals surface area contributed by atoms with Crippen LogP contribution in [0.1, 0.15) is 18.5 Å². The van der Waals surface area contributed by atoms with Crippen LogP contribution < -0.4 is 4.72 Å². The number of carboxylic acid groups (broad SMARTS) is 1. The summed E-state index contributed by atoms with van der Waals surface area (Å²) in [5.41, 5.74) is 0.842. The number of hydrogen-bond acceptors (Lipinski definition) is 4. The van der Waals surface area contributed by atoms with Gasteiger partial charge in [0.15, 0.2) is 0 Å². The average Bonchev–Trinajstić information content (AvgIpc) is 2.92. The number of carbonyl (C=O) groups is 1. The van der Waals surface area contributed by atoms with Crippen LogP contribution in [0.4, 0.5) is 0 Å². The zero-order chi connectivity index (χ0) is 14.6. The standard InChI is InChI=1S/C11H18N4O4S/c16-11(17)9-2-1-5-15(7-9)20(18,19)14-4-3-10-6-12-8-13-10/h6,8-9,14H,1-5,7H2,(H,12,13)(H,16,17). The fraction of sp³-hybridized carbons (Fsp3) is 0.636. The molecule has 1 atom stereocenters. The molecule has 1 fully saturated rings. The first kappa shape index (κ1) is 14.9. The molecule has 1 saturated heterocycles. The molecule has 1 aliphatic rings. The fourth-order valence-electron chi connectivity index (χ4n) is 2.19. The Kier molecular flexibility index (Phi) is 4.73. The number of aromatic nitrogens is 2. The van der Waals surface area contributed by atoms with Crippen LogP contribution in [-0.2, 0) is 21.4 Å². The monoisotopic (exact) mass is 302 g/mol. The number of hydrogen-bond donors (Lipinski definition) is 3. The first-order valence-electron chi connectivity index (χ1n) is 6.44. The van der Waals surface area contributed by atoms with Crippen LogP contribution in [0.15, 0.2) is 12.5 Å². The Bertz CT molecular complexity index is 543. The van der Waals surface area contributed by atoms with Crippen molar-refractivity contribution >= 4 is 16.2 Å². The van der Waals surface area contributed by atoms with Gasteiger partial charge in [0, 0.05) is 37.9 Å². The van der Waals surface area contributed by atoms with Crippen LogP contribution in [0, 0.1) is 5.92 Å². The minimum absolute atomic E-state index is 0.0364. The summed E-state index contributed by atoms with van der Waals surface area (Å²) < 4.78 is 27.9. The van der Waals surface area contributed by atoms with E-state index in [9.17, 15) is 13.2 Å². The number of rotatable bonds is 6. The number of aliphatic carboxylic acids is 1. The molecule has 1 unspecified atom stereocenters. The van der Waals surface area contributed by atoms with Crippen molar-refractivity contribution in [1.29, 1.82) is 0 Å². The van der Waals surface area contributed by atoms with Crippen molar-refractivity contribution in [3.63, 3.8) is 0 Å². The Hall–Kier alpha value is -1.45. The van der Waals surface area contributed by atoms with Crippen molar-refractivity contribution in [2.24, 2.45) is 5.92 Å². The first-order valence-corrected chi connectivity index (χ1v) is 7.88. The number of H-pyrrole nitrogens is 1. The Labute approximate surface area is 117 Å². The van der Waals surface area contributed by atoms with E-state index in [0.29, 0.717) is 25.8 Å². The predicted molar refractivity (Wildman–Crippen MR) is 71.1 cm³/mol. The Morgan fingerprint density at radius 3 is 3.05 bits per heavy atom. The Morgan fingerprint density at radius 2 is 2.40 bits per heavy atom. The molecular formula is C11H18N4O4S. The molecule has 1 aromatic heterocycles. The van der Waals surface area contributed by atoms with Gasteiger partial charge in [0.1, 0.15) is 0 Å². The average molecular weight is 302 g/mol. The number of aromatic amines is 1. The van der Waals surface area contributed by atoms with Gasteiger partial charge in [0.2, 0.25) is 0 Å². The van der Waals surface area contributed by atoms with E-state index in [4.69, 9.17) is 5.11 Å². The second-order valence-electron chi connectivity index (χ2n) is 4.76. The molecule has 0 aromatic carbocycles. The highest BCUT2D eigenvalue weighted by Crippen LogP contribution is 2.18. The maximum absolute atomic E-state index is 12.1. The molecule has 1 aromatic rings. The van der Waals surface area contributed by atoms with E-state index in [1.165, 1.54) is 10.6 Å². The topological polar surface area (TPSA) is 115 Å². The van der Waals surface area contributed by atoms with Crippen molar-refractivity contribution in [1.82, 2.24) is 19.0 Å². The van der Waals surface area contributed by atoms with Crippen molar-refractivity contribution < 1.29 is 18.3 Å². The molecule has 0 bridgehead atoms. The molecule has 20 heavy (non-hydrogen) atoms. The molecule has 1 aliphatic heterocycles. The molecule has 9 heteroatoms. The van der Waals surface area contributed by atoms with E-state index in [2.05, 4.69) is 14.7 Å². The summed E-state index contributed by atoms with van der Waals surface area (Å²) in [6.07, 6.45) is 4.77. The number of nitrogens with zero attached hydrogens (tertiary/aromatic N) is 2. The van der Waals surface area contributed by atoms with Crippen molar-refractivity contribution in [2.75, 3.05) is 19.6 Å². The molecule has 0 radical (unpaired) electrons. The van der Waals surface area contributed by atoms with Crippen LogP contribution in [0.25, 0.3) is 0 Å². The third-order valence-electron chi connectivity index (χ3n) is 3.31. The van der Waals surface area contributed by atoms with Gasteiger partial charge in [0.25, 0.3) is 10.2 Å². The lowest BCUT2D eigenvalue weighted by molar-refractivity contribution is -0.142. The summed E-state index contributed by atoms with van der Waals surface area (Å²) >= 11 is 0. The number of nitrogens with one attached hydrogen (secondary N) is 2. The van der Waals surface area contributed by atoms with Crippen molar-refractivity contribution in [3.8, 4) is 0 Å². The fourth-order valence-corrected chi connectivity index (χ4v) is 3.48. The van der Waals surface area contributed by atoms with E-state index in [-0.39, 0.29) is 13.1 Å². The van der Waals surface area contributed by atoms with Gasteiger partial charge in [-0.2, -0.15) is 12.7 Å². The third kappa shape index (κ3) is 3.78. The highest BCUT2D eigenvalue weighted by Gasteiger charge is 2.31. The van der Waals surface area contributed by atoms with Crippen molar-refractivity contribution in [3.05, 3.63) is 18.2 Å². The van der Waals surface area contributed by atoms with Gasteiger partial charge in [-0.25, -0.2) is 9.71 Å². The number of imidazole rings is 1. The van der Waals surface area contributed by atoms with Gasteiger partial charge in [-0.1, -0.05) is 0 Å². The van der Waals surface area contributed by atoms with Crippen LogP contribution in [0.5, 0.6) is 0 Å². The molecule has 0 saturated carbocycles. The number of piperidine rings is 1. The molecular weight excluding hydrogens is 284 g/mol. The van der Waals surface area contributed by atoms with Gasteiger partial charge in [-0.3, -0.25) is 4.79 Å². The number of carboxylic acids is 1. The van der Waals surface area contributed by atoms with Gasteiger partial charge in [-0.15, -0.1) is 0 Å². The zero-order valence-electron chi connectivity index (χ0n) is 10.9. The molecule has 8 nitrogen and oxygen atoms in total. The van der Waals surface area contributed by atoms with E-state index in [1.54, 1.807) is 6.20 Å². The van der Waals surface area contributed by atoms with Gasteiger partial charge < -0.3 is 10.1 Å². The quantitative estimate of drug-likeness (QED) is 0.660. The highest BCUT2D eigenvalue weighted by molar-refractivity contribution is 7.87. The lowest BCUT2D eigenvalue weighted by Crippen LogP contribution is -2.47. The molecule has 0 amide bonds. The minimum atomic E-state index is -3.62. The lowest BCUT2D eigenvalue weighted by Gasteiger charge is -2.29. The molecule has 2 rings (SSSR count). The summed E-state index contributed by atoms with van der Waals surface area (Å²) in [7, 11) is -3.62. The summed E-state index contributed by atoms with van der Waals surface area (Å²) in [4.78, 5) is 17.7. The van der Waals surface area contributed by atoms with E-state index >= 15 is 0 Å². The maximum Gasteiger partial charge on any atom is 0.307 e. The highest BCUT2D eigenvalue weighted by atomic mass is 32.2. The Balaban J connectivity index is 1.87. The summed E-state index contributed by atoms with van der Waals surface area (Å²) in [6.45, 7) is 0.649. The first-order chi connectivity index (χ1) is 9.49. The van der Waals surface area contributed by atoms with Gasteiger partial charge >= 0.3 is 5.97 Å².